The van der Waals surface area contributed by atoms with Crippen molar-refractivity contribution in [1.29, 1.82) is 0 Å². The van der Waals surface area contributed by atoms with Crippen molar-refractivity contribution in [3.8, 4) is 0 Å². The number of aromatic nitrogens is 3. The Hall–Kier alpha value is -3.35. The lowest BCUT2D eigenvalue weighted by Gasteiger charge is -2.07. The summed E-state index contributed by atoms with van der Waals surface area (Å²) in [6.45, 7) is 1.61. The van der Waals surface area contributed by atoms with Crippen molar-refractivity contribution in [3.63, 3.8) is 0 Å². The van der Waals surface area contributed by atoms with E-state index in [1.54, 1.807) is 37.0 Å². The second-order valence-electron chi connectivity index (χ2n) is 7.79. The molecule has 1 amide bonds. The molecule has 162 valence electrons. The Morgan fingerprint density at radius 1 is 0.968 bits per heavy atom. The van der Waals surface area contributed by atoms with E-state index in [9.17, 15) is 14.4 Å². The number of unbranched alkanes of at least 4 members (excludes halogenated alkanes) is 4. The maximum Gasteiger partial charge on any atom is 0.291 e. The normalized spacial score (nSPS) is 10.9. The summed E-state index contributed by atoms with van der Waals surface area (Å²) in [5.74, 6) is -0.0437. The summed E-state index contributed by atoms with van der Waals surface area (Å²) in [6.07, 6.45) is 8.96. The zero-order chi connectivity index (χ0) is 22.2. The summed E-state index contributed by atoms with van der Waals surface area (Å²) >= 11 is 0. The Morgan fingerprint density at radius 3 is 2.45 bits per heavy atom. The average molecular weight is 421 g/mol. The van der Waals surface area contributed by atoms with Crippen LogP contribution in [0.4, 0.5) is 5.69 Å². The molecule has 1 N–H and O–H groups in total. The number of fused-ring (bicyclic) bond motifs is 1. The number of Topliss-reactive ketones (excluding diaryl/α,β-unsaturated/α-hetero) is 2. The number of nitrogens with one attached hydrogen (secondary N) is 1. The van der Waals surface area contributed by atoms with Crippen LogP contribution in [0.3, 0.4) is 0 Å². The molecule has 0 bridgehead atoms. The van der Waals surface area contributed by atoms with Gasteiger partial charge in [0.05, 0.1) is 11.2 Å². The number of anilines is 1. The van der Waals surface area contributed by atoms with Crippen LogP contribution < -0.4 is 5.32 Å². The van der Waals surface area contributed by atoms with Gasteiger partial charge in [-0.05, 0) is 31.9 Å². The van der Waals surface area contributed by atoms with E-state index in [1.807, 2.05) is 24.3 Å². The third-order valence-corrected chi connectivity index (χ3v) is 5.18. The summed E-state index contributed by atoms with van der Waals surface area (Å²) in [7, 11) is 1.70. The van der Waals surface area contributed by atoms with Crippen LogP contribution in [0.1, 0.15) is 73.0 Å². The Kier molecular flexibility index (Phi) is 7.65. The Morgan fingerprint density at radius 2 is 1.68 bits per heavy atom. The number of pyridine rings is 1. The number of rotatable bonds is 11. The number of hydrogen-bond donors (Lipinski definition) is 1. The topological polar surface area (TPSA) is 94.0 Å². The van der Waals surface area contributed by atoms with Crippen molar-refractivity contribution >= 4 is 34.1 Å². The van der Waals surface area contributed by atoms with Crippen LogP contribution in [0.15, 0.2) is 42.7 Å². The molecule has 0 aliphatic heterocycles. The van der Waals surface area contributed by atoms with Crippen molar-refractivity contribution in [2.45, 2.75) is 51.9 Å². The van der Waals surface area contributed by atoms with Gasteiger partial charge in [0.2, 0.25) is 0 Å². The number of carbonyl (C=O) groups excluding carboxylic acids is 3. The highest BCUT2D eigenvalue weighted by Gasteiger charge is 2.18. The minimum atomic E-state index is -0.384. The lowest BCUT2D eigenvalue weighted by atomic mass is 10.1. The first-order valence-electron chi connectivity index (χ1n) is 10.7. The zero-order valence-electron chi connectivity index (χ0n) is 18.1. The Bertz CT molecular complexity index is 1080. The number of amides is 1. The Balaban J connectivity index is 1.55. The van der Waals surface area contributed by atoms with Crippen molar-refractivity contribution < 1.29 is 14.4 Å². The van der Waals surface area contributed by atoms with E-state index in [2.05, 4.69) is 15.3 Å². The SMILES string of the molecule is CC(=O)CCCCCCCC(=O)c1cn(C)c(C(=O)Nc2cccc3cccnc23)n1. The number of aryl methyl sites for hydroxylation is 1. The standard InChI is InChI=1S/C24H28N4O3/c1-17(29)10-6-4-3-5-7-14-21(30)20-16-28(2)23(26-20)24(31)27-19-13-8-11-18-12-9-15-25-22(18)19/h8-9,11-13,15-16H,3-7,10,14H2,1-2H3,(H,27,31). The molecular formula is C24H28N4O3. The van der Waals surface area contributed by atoms with Gasteiger partial charge in [0.1, 0.15) is 11.5 Å². The molecular weight excluding hydrogens is 392 g/mol. The highest BCUT2D eigenvalue weighted by atomic mass is 16.2. The third kappa shape index (κ3) is 6.07. The number of carbonyl (C=O) groups is 3. The van der Waals surface area contributed by atoms with Crippen LogP contribution >= 0.6 is 0 Å². The first-order valence-corrected chi connectivity index (χ1v) is 10.7. The molecule has 0 saturated heterocycles. The van der Waals surface area contributed by atoms with Gasteiger partial charge in [-0.25, -0.2) is 4.98 Å². The fraction of sp³-hybridized carbons (Fsp3) is 0.375. The van der Waals surface area contributed by atoms with Gasteiger partial charge in [0, 0.05) is 37.7 Å². The van der Waals surface area contributed by atoms with Gasteiger partial charge in [-0.2, -0.15) is 0 Å². The van der Waals surface area contributed by atoms with E-state index in [-0.39, 0.29) is 23.3 Å². The Labute approximate surface area is 181 Å². The average Bonchev–Trinajstić information content (AvgIpc) is 3.15. The van der Waals surface area contributed by atoms with Crippen molar-refractivity contribution in [3.05, 3.63) is 54.2 Å². The lowest BCUT2D eigenvalue weighted by molar-refractivity contribution is -0.117. The quantitative estimate of drug-likeness (QED) is 0.358. The van der Waals surface area contributed by atoms with Crippen molar-refractivity contribution in [2.24, 2.45) is 7.05 Å². The summed E-state index contributed by atoms with van der Waals surface area (Å²) < 4.78 is 1.57. The smallest absolute Gasteiger partial charge is 0.291 e. The molecule has 0 aliphatic rings. The second-order valence-corrected chi connectivity index (χ2v) is 7.79. The van der Waals surface area contributed by atoms with Crippen LogP contribution in [0.5, 0.6) is 0 Å². The van der Waals surface area contributed by atoms with Gasteiger partial charge < -0.3 is 14.7 Å². The zero-order valence-corrected chi connectivity index (χ0v) is 18.1. The molecule has 31 heavy (non-hydrogen) atoms. The molecule has 3 rings (SSSR count). The fourth-order valence-corrected chi connectivity index (χ4v) is 3.51. The molecule has 3 aromatic rings. The number of para-hydroxylation sites is 1. The molecule has 0 radical (unpaired) electrons. The molecule has 0 aliphatic carbocycles. The van der Waals surface area contributed by atoms with Gasteiger partial charge in [-0.3, -0.25) is 14.6 Å². The largest absolute Gasteiger partial charge is 0.329 e. The molecule has 0 fully saturated rings. The van der Waals surface area contributed by atoms with Crippen molar-refractivity contribution in [1.82, 2.24) is 14.5 Å². The van der Waals surface area contributed by atoms with E-state index < -0.39 is 0 Å². The lowest BCUT2D eigenvalue weighted by Crippen LogP contribution is -2.17. The molecule has 1 aromatic carbocycles. The molecule has 0 unspecified atom stereocenters. The highest BCUT2D eigenvalue weighted by molar-refractivity contribution is 6.07. The summed E-state index contributed by atoms with van der Waals surface area (Å²) in [5.41, 5.74) is 1.61. The van der Waals surface area contributed by atoms with E-state index in [1.165, 1.54) is 0 Å². The van der Waals surface area contributed by atoms with Gasteiger partial charge in [-0.15, -0.1) is 0 Å². The van der Waals surface area contributed by atoms with Gasteiger partial charge >= 0.3 is 0 Å². The van der Waals surface area contributed by atoms with Gasteiger partial charge in [-0.1, -0.05) is 37.5 Å². The molecule has 0 spiro atoms. The number of imidazole rings is 1. The van der Waals surface area contributed by atoms with Gasteiger partial charge in [0.25, 0.3) is 5.91 Å². The first kappa shape index (κ1) is 22.3. The van der Waals surface area contributed by atoms with E-state index in [4.69, 9.17) is 0 Å². The minimum Gasteiger partial charge on any atom is -0.329 e. The van der Waals surface area contributed by atoms with Crippen molar-refractivity contribution in [2.75, 3.05) is 5.32 Å². The minimum absolute atomic E-state index is 0.0646. The van der Waals surface area contributed by atoms with E-state index in [0.717, 1.165) is 37.5 Å². The molecule has 0 saturated carbocycles. The van der Waals surface area contributed by atoms with E-state index >= 15 is 0 Å². The molecule has 7 nitrogen and oxygen atoms in total. The predicted octanol–water partition coefficient (Wildman–Crippen LogP) is 4.72. The number of hydrogen-bond acceptors (Lipinski definition) is 5. The predicted molar refractivity (Wildman–Crippen MR) is 120 cm³/mol. The second kappa shape index (κ2) is 10.6. The van der Waals surface area contributed by atoms with Crippen LogP contribution in [-0.4, -0.2) is 32.0 Å². The molecule has 0 atom stereocenters. The highest BCUT2D eigenvalue weighted by Crippen LogP contribution is 2.21. The maximum atomic E-state index is 12.8. The van der Waals surface area contributed by atoms with Gasteiger partial charge in [0.15, 0.2) is 11.6 Å². The molecule has 2 heterocycles. The maximum absolute atomic E-state index is 12.8. The molecule has 7 heteroatoms. The number of ketones is 2. The summed E-state index contributed by atoms with van der Waals surface area (Å²) in [4.78, 5) is 44.8. The number of nitrogens with zero attached hydrogens (tertiary/aromatic N) is 3. The first-order chi connectivity index (χ1) is 15.0. The summed E-state index contributed by atoms with van der Waals surface area (Å²) in [6, 6.07) is 9.35. The third-order valence-electron chi connectivity index (χ3n) is 5.18. The number of benzene rings is 1. The van der Waals surface area contributed by atoms with Crippen LogP contribution in [0, 0.1) is 0 Å². The summed E-state index contributed by atoms with van der Waals surface area (Å²) in [5, 5.41) is 3.78. The fourth-order valence-electron chi connectivity index (χ4n) is 3.51. The van der Waals surface area contributed by atoms with Crippen LogP contribution in [-0.2, 0) is 11.8 Å². The molecule has 2 aromatic heterocycles. The monoisotopic (exact) mass is 420 g/mol. The van der Waals surface area contributed by atoms with Crippen LogP contribution in [0.2, 0.25) is 0 Å². The van der Waals surface area contributed by atoms with Crippen LogP contribution in [0.25, 0.3) is 10.9 Å². The van der Waals surface area contributed by atoms with E-state index in [0.29, 0.717) is 29.7 Å².